The maximum absolute atomic E-state index is 12.4. The molecule has 126 valence electrons. The van der Waals surface area contributed by atoms with Crippen molar-refractivity contribution in [2.24, 2.45) is 5.92 Å². The van der Waals surface area contributed by atoms with Crippen molar-refractivity contribution in [2.75, 3.05) is 26.7 Å². The summed E-state index contributed by atoms with van der Waals surface area (Å²) in [4.78, 5) is 14.5. The molecule has 2 aliphatic rings. The van der Waals surface area contributed by atoms with E-state index in [1.54, 1.807) is 7.11 Å². The monoisotopic (exact) mass is 316 g/mol. The molecule has 0 aliphatic carbocycles. The van der Waals surface area contributed by atoms with Crippen molar-refractivity contribution in [1.29, 1.82) is 0 Å². The number of amides is 1. The Bertz CT molecular complexity index is 518. The van der Waals surface area contributed by atoms with Gasteiger partial charge in [-0.3, -0.25) is 4.79 Å². The van der Waals surface area contributed by atoms with Gasteiger partial charge in [-0.25, -0.2) is 0 Å². The Morgan fingerprint density at radius 2 is 2.04 bits per heavy atom. The Labute approximate surface area is 139 Å². The van der Waals surface area contributed by atoms with Gasteiger partial charge in [0.05, 0.1) is 7.11 Å². The van der Waals surface area contributed by atoms with Crippen LogP contribution < -0.4 is 10.1 Å². The van der Waals surface area contributed by atoms with Crippen LogP contribution in [0.15, 0.2) is 24.3 Å². The van der Waals surface area contributed by atoms with Crippen molar-refractivity contribution < 1.29 is 9.53 Å². The van der Waals surface area contributed by atoms with E-state index < -0.39 is 0 Å². The number of benzene rings is 1. The van der Waals surface area contributed by atoms with E-state index in [-0.39, 0.29) is 0 Å². The average molecular weight is 316 g/mol. The Morgan fingerprint density at radius 3 is 2.74 bits per heavy atom. The summed E-state index contributed by atoms with van der Waals surface area (Å²) in [6.45, 7) is 2.88. The fourth-order valence-corrected chi connectivity index (χ4v) is 3.84. The lowest BCUT2D eigenvalue weighted by Crippen LogP contribution is -2.41. The van der Waals surface area contributed by atoms with Crippen molar-refractivity contribution in [3.05, 3.63) is 29.8 Å². The molecule has 2 saturated heterocycles. The van der Waals surface area contributed by atoms with E-state index >= 15 is 0 Å². The van der Waals surface area contributed by atoms with Crippen molar-refractivity contribution >= 4 is 5.91 Å². The van der Waals surface area contributed by atoms with Crippen LogP contribution in [0.4, 0.5) is 0 Å². The summed E-state index contributed by atoms with van der Waals surface area (Å²) in [5, 5.41) is 3.42. The minimum Gasteiger partial charge on any atom is -0.496 e. The Hall–Kier alpha value is -1.55. The number of likely N-dealkylation sites (tertiary alicyclic amines) is 1. The molecule has 3 rings (SSSR count). The highest BCUT2D eigenvalue weighted by atomic mass is 16.5. The number of piperidine rings is 1. The largest absolute Gasteiger partial charge is 0.496 e. The van der Waals surface area contributed by atoms with Crippen LogP contribution in [0.5, 0.6) is 5.75 Å². The standard InChI is InChI=1S/C19H28N2O2/c1-23-18-7-3-2-5-16(18)13-15-8-11-21(12-9-15)19(22)14-17-6-4-10-20-17/h2-3,5,7,15,17,20H,4,6,8-14H2,1H3. The molecule has 0 spiro atoms. The molecule has 2 aliphatic heterocycles. The lowest BCUT2D eigenvalue weighted by atomic mass is 9.89. The minimum atomic E-state index is 0.333. The smallest absolute Gasteiger partial charge is 0.224 e. The zero-order chi connectivity index (χ0) is 16.1. The third kappa shape index (κ3) is 4.25. The summed E-state index contributed by atoms with van der Waals surface area (Å²) >= 11 is 0. The van der Waals surface area contributed by atoms with Gasteiger partial charge in [0.15, 0.2) is 0 Å². The fourth-order valence-electron chi connectivity index (χ4n) is 3.84. The minimum absolute atomic E-state index is 0.333. The average Bonchev–Trinajstić information content (AvgIpc) is 3.09. The number of rotatable bonds is 5. The number of carbonyl (C=O) groups excluding carboxylic acids is 1. The summed E-state index contributed by atoms with van der Waals surface area (Å²) in [6, 6.07) is 8.69. The topological polar surface area (TPSA) is 41.6 Å². The molecule has 23 heavy (non-hydrogen) atoms. The quantitative estimate of drug-likeness (QED) is 0.908. The molecule has 0 radical (unpaired) electrons. The van der Waals surface area contributed by atoms with Gasteiger partial charge in [-0.05, 0) is 56.2 Å². The van der Waals surface area contributed by atoms with Crippen LogP contribution in [0.1, 0.15) is 37.7 Å². The first-order valence-electron chi connectivity index (χ1n) is 8.89. The molecular formula is C19H28N2O2. The van der Waals surface area contributed by atoms with E-state index in [1.165, 1.54) is 12.0 Å². The van der Waals surface area contributed by atoms with Gasteiger partial charge in [0.2, 0.25) is 5.91 Å². The second-order valence-electron chi connectivity index (χ2n) is 6.84. The van der Waals surface area contributed by atoms with E-state index in [4.69, 9.17) is 4.74 Å². The van der Waals surface area contributed by atoms with Crippen molar-refractivity contribution in [3.8, 4) is 5.75 Å². The van der Waals surface area contributed by atoms with Crippen LogP contribution in [0.3, 0.4) is 0 Å². The molecule has 2 fully saturated rings. The van der Waals surface area contributed by atoms with Crippen molar-refractivity contribution in [3.63, 3.8) is 0 Å². The van der Waals surface area contributed by atoms with E-state index in [0.29, 0.717) is 24.3 Å². The van der Waals surface area contributed by atoms with Gasteiger partial charge < -0.3 is 15.0 Å². The molecule has 1 unspecified atom stereocenters. The molecule has 4 heteroatoms. The van der Waals surface area contributed by atoms with Gasteiger partial charge in [-0.15, -0.1) is 0 Å². The number of hydrogen-bond donors (Lipinski definition) is 1. The van der Waals surface area contributed by atoms with Gasteiger partial charge in [0, 0.05) is 25.6 Å². The molecule has 1 amide bonds. The van der Waals surface area contributed by atoms with Crippen LogP contribution in [0, 0.1) is 5.92 Å². The van der Waals surface area contributed by atoms with Crippen LogP contribution in [-0.2, 0) is 11.2 Å². The summed E-state index contributed by atoms with van der Waals surface area (Å²) in [5.74, 6) is 1.97. The maximum atomic E-state index is 12.4. The predicted molar refractivity (Wildman–Crippen MR) is 91.6 cm³/mol. The summed E-state index contributed by atoms with van der Waals surface area (Å²) in [6.07, 6.45) is 6.28. The van der Waals surface area contributed by atoms with Crippen LogP contribution in [-0.4, -0.2) is 43.6 Å². The number of nitrogens with one attached hydrogen (secondary N) is 1. The summed E-state index contributed by atoms with van der Waals surface area (Å²) < 4.78 is 5.45. The zero-order valence-electron chi connectivity index (χ0n) is 14.1. The Kier molecular flexibility index (Phi) is 5.55. The first-order valence-corrected chi connectivity index (χ1v) is 8.89. The predicted octanol–water partition coefficient (Wildman–Crippen LogP) is 2.62. The van der Waals surface area contributed by atoms with Crippen molar-refractivity contribution in [1.82, 2.24) is 10.2 Å². The Morgan fingerprint density at radius 1 is 1.26 bits per heavy atom. The number of ether oxygens (including phenoxy) is 1. The van der Waals surface area contributed by atoms with Gasteiger partial charge >= 0.3 is 0 Å². The molecule has 1 N–H and O–H groups in total. The first-order chi connectivity index (χ1) is 11.3. The third-order valence-electron chi connectivity index (χ3n) is 5.25. The SMILES string of the molecule is COc1ccccc1CC1CCN(C(=O)CC2CCCN2)CC1. The Balaban J connectivity index is 1.47. The maximum Gasteiger partial charge on any atom is 0.224 e. The lowest BCUT2D eigenvalue weighted by Gasteiger charge is -2.33. The van der Waals surface area contributed by atoms with Gasteiger partial charge in [0.1, 0.15) is 5.75 Å². The number of hydrogen-bond acceptors (Lipinski definition) is 3. The van der Waals surface area contributed by atoms with Crippen LogP contribution in [0.2, 0.25) is 0 Å². The third-order valence-corrected chi connectivity index (χ3v) is 5.25. The van der Waals surface area contributed by atoms with Crippen LogP contribution in [0.25, 0.3) is 0 Å². The number of para-hydroxylation sites is 1. The van der Waals surface area contributed by atoms with Crippen LogP contribution >= 0.6 is 0 Å². The van der Waals surface area contributed by atoms with E-state index in [2.05, 4.69) is 22.3 Å². The fraction of sp³-hybridized carbons (Fsp3) is 0.632. The molecule has 0 bridgehead atoms. The first kappa shape index (κ1) is 16.3. The molecule has 0 saturated carbocycles. The lowest BCUT2D eigenvalue weighted by molar-refractivity contribution is -0.133. The van der Waals surface area contributed by atoms with Crippen molar-refractivity contribution in [2.45, 2.75) is 44.6 Å². The number of nitrogens with zero attached hydrogens (tertiary/aromatic N) is 1. The molecule has 1 atom stereocenters. The molecule has 1 aromatic rings. The van der Waals surface area contributed by atoms with E-state index in [0.717, 1.165) is 51.1 Å². The normalized spacial score (nSPS) is 22.3. The van der Waals surface area contributed by atoms with Gasteiger partial charge in [-0.2, -0.15) is 0 Å². The molecular weight excluding hydrogens is 288 g/mol. The number of methoxy groups -OCH3 is 1. The van der Waals surface area contributed by atoms with Gasteiger partial charge in [-0.1, -0.05) is 18.2 Å². The van der Waals surface area contributed by atoms with Gasteiger partial charge in [0.25, 0.3) is 0 Å². The molecule has 2 heterocycles. The molecule has 0 aromatic heterocycles. The molecule has 4 nitrogen and oxygen atoms in total. The zero-order valence-corrected chi connectivity index (χ0v) is 14.1. The highest BCUT2D eigenvalue weighted by molar-refractivity contribution is 5.77. The second-order valence-corrected chi connectivity index (χ2v) is 6.84. The second kappa shape index (κ2) is 7.82. The number of carbonyl (C=O) groups is 1. The summed E-state index contributed by atoms with van der Waals surface area (Å²) in [5.41, 5.74) is 1.29. The molecule has 1 aromatic carbocycles. The van der Waals surface area contributed by atoms with E-state index in [1.807, 2.05) is 12.1 Å². The highest BCUT2D eigenvalue weighted by Crippen LogP contribution is 2.27. The van der Waals surface area contributed by atoms with E-state index in [9.17, 15) is 4.79 Å². The highest BCUT2D eigenvalue weighted by Gasteiger charge is 2.26. The summed E-state index contributed by atoms with van der Waals surface area (Å²) in [7, 11) is 1.73.